The maximum absolute atomic E-state index is 10.2. The molecule has 0 heterocycles. The van der Waals surface area contributed by atoms with Crippen LogP contribution in [0.25, 0.3) is 0 Å². The fourth-order valence-corrected chi connectivity index (χ4v) is 0.679. The first-order chi connectivity index (χ1) is 4.98. The Morgan fingerprint density at radius 3 is 2.64 bits per heavy atom. The highest BCUT2D eigenvalue weighted by atomic mass is 16.4. The molecule has 0 saturated heterocycles. The maximum Gasteiger partial charge on any atom is 0.303 e. The first-order valence-electron chi connectivity index (χ1n) is 3.45. The van der Waals surface area contributed by atoms with Crippen LogP contribution in [0.1, 0.15) is 26.2 Å². The van der Waals surface area contributed by atoms with Gasteiger partial charge in [-0.15, -0.1) is 0 Å². The largest absolute Gasteiger partial charge is 0.481 e. The van der Waals surface area contributed by atoms with E-state index in [1.807, 2.05) is 0 Å². The van der Waals surface area contributed by atoms with Gasteiger partial charge in [0.1, 0.15) is 6.29 Å². The second-order valence-corrected chi connectivity index (χ2v) is 2.87. The van der Waals surface area contributed by atoms with Crippen molar-refractivity contribution in [2.24, 2.45) is 5.73 Å². The summed E-state index contributed by atoms with van der Waals surface area (Å²) in [6.45, 7) is 1.59. The predicted molar refractivity (Wildman–Crippen MR) is 40.1 cm³/mol. The van der Waals surface area contributed by atoms with Gasteiger partial charge in [-0.05, 0) is 19.8 Å². The minimum atomic E-state index is -0.866. The monoisotopic (exact) mass is 159 g/mol. The highest BCUT2D eigenvalue weighted by Gasteiger charge is 2.16. The molecule has 0 aliphatic carbocycles. The summed E-state index contributed by atoms with van der Waals surface area (Å²) in [6.07, 6.45) is 1.58. The number of rotatable bonds is 5. The van der Waals surface area contributed by atoms with E-state index in [4.69, 9.17) is 10.8 Å². The van der Waals surface area contributed by atoms with Gasteiger partial charge in [-0.3, -0.25) is 4.79 Å². The van der Waals surface area contributed by atoms with Gasteiger partial charge in [-0.25, -0.2) is 0 Å². The molecule has 0 aromatic carbocycles. The Bertz CT molecular complexity index is 154. The number of hydrogen-bond donors (Lipinski definition) is 2. The molecule has 0 amide bonds. The van der Waals surface area contributed by atoms with Gasteiger partial charge in [0.2, 0.25) is 0 Å². The van der Waals surface area contributed by atoms with E-state index in [2.05, 4.69) is 0 Å². The van der Waals surface area contributed by atoms with Gasteiger partial charge in [0, 0.05) is 6.42 Å². The van der Waals surface area contributed by atoms with Crippen LogP contribution in [0.5, 0.6) is 0 Å². The number of aliphatic carboxylic acids is 1. The van der Waals surface area contributed by atoms with Crippen molar-refractivity contribution in [3.63, 3.8) is 0 Å². The molecule has 0 fully saturated rings. The van der Waals surface area contributed by atoms with E-state index in [0.29, 0.717) is 19.1 Å². The van der Waals surface area contributed by atoms with Crippen molar-refractivity contribution < 1.29 is 14.7 Å². The van der Waals surface area contributed by atoms with Gasteiger partial charge in [0.25, 0.3) is 0 Å². The van der Waals surface area contributed by atoms with Gasteiger partial charge in [-0.1, -0.05) is 0 Å². The number of aldehydes is 1. The molecule has 0 rings (SSSR count). The van der Waals surface area contributed by atoms with Crippen molar-refractivity contribution in [3.8, 4) is 0 Å². The molecule has 0 saturated carbocycles. The Labute approximate surface area is 65.4 Å². The number of carboxylic acids is 1. The number of nitrogens with two attached hydrogens (primary N) is 1. The zero-order valence-corrected chi connectivity index (χ0v) is 6.54. The molecule has 3 N–H and O–H groups in total. The van der Waals surface area contributed by atoms with E-state index >= 15 is 0 Å². The van der Waals surface area contributed by atoms with E-state index < -0.39 is 11.5 Å². The van der Waals surface area contributed by atoms with Crippen molar-refractivity contribution >= 4 is 12.3 Å². The van der Waals surface area contributed by atoms with Crippen LogP contribution in [0.2, 0.25) is 0 Å². The third-order valence-corrected chi connectivity index (χ3v) is 1.38. The van der Waals surface area contributed by atoms with Crippen LogP contribution < -0.4 is 5.73 Å². The quantitative estimate of drug-likeness (QED) is 0.560. The lowest BCUT2D eigenvalue weighted by atomic mass is 9.98. The van der Waals surface area contributed by atoms with Crippen LogP contribution in [-0.4, -0.2) is 22.9 Å². The Morgan fingerprint density at radius 1 is 1.73 bits per heavy atom. The fourth-order valence-electron chi connectivity index (χ4n) is 0.679. The predicted octanol–water partition coefficient (Wildman–Crippen LogP) is 0.158. The first-order valence-corrected chi connectivity index (χ1v) is 3.45. The summed E-state index contributed by atoms with van der Waals surface area (Å²) in [5.41, 5.74) is 4.58. The molecule has 0 aromatic heterocycles. The molecule has 0 aliphatic rings. The number of hydrogen-bond acceptors (Lipinski definition) is 3. The molecule has 0 aliphatic heterocycles. The second-order valence-electron chi connectivity index (χ2n) is 2.87. The number of carboxylic acid groups (broad SMARTS) is 1. The van der Waals surface area contributed by atoms with Crippen LogP contribution in [0.3, 0.4) is 0 Å². The molecule has 1 atom stereocenters. The highest BCUT2D eigenvalue weighted by Crippen LogP contribution is 2.07. The van der Waals surface area contributed by atoms with Gasteiger partial charge in [0.15, 0.2) is 0 Å². The smallest absolute Gasteiger partial charge is 0.303 e. The second kappa shape index (κ2) is 4.08. The van der Waals surface area contributed by atoms with Crippen LogP contribution in [-0.2, 0) is 9.59 Å². The lowest BCUT2D eigenvalue weighted by molar-refractivity contribution is -0.137. The third kappa shape index (κ3) is 5.54. The Balaban J connectivity index is 3.53. The molecule has 0 bridgehead atoms. The van der Waals surface area contributed by atoms with Gasteiger partial charge >= 0.3 is 5.97 Å². The summed E-state index contributed by atoms with van der Waals surface area (Å²) in [5.74, 6) is -0.855. The van der Waals surface area contributed by atoms with Crippen molar-refractivity contribution in [2.75, 3.05) is 0 Å². The molecule has 4 heteroatoms. The lowest BCUT2D eigenvalue weighted by Gasteiger charge is -2.14. The van der Waals surface area contributed by atoms with E-state index in [-0.39, 0.29) is 6.42 Å². The van der Waals surface area contributed by atoms with Crippen molar-refractivity contribution in [1.29, 1.82) is 0 Å². The van der Waals surface area contributed by atoms with Crippen LogP contribution in [0.4, 0.5) is 0 Å². The summed E-state index contributed by atoms with van der Waals surface area (Å²) in [4.78, 5) is 20.3. The Hall–Kier alpha value is -0.900. The third-order valence-electron chi connectivity index (χ3n) is 1.38. The molecular weight excluding hydrogens is 146 g/mol. The SMILES string of the molecule is C[C@@](N)(C=O)CCCC(=O)O. The lowest BCUT2D eigenvalue weighted by Crippen LogP contribution is -2.37. The molecule has 0 aromatic rings. The van der Waals surface area contributed by atoms with Crippen LogP contribution >= 0.6 is 0 Å². The summed E-state index contributed by atoms with van der Waals surface area (Å²) in [7, 11) is 0. The summed E-state index contributed by atoms with van der Waals surface area (Å²) < 4.78 is 0. The number of carbonyl (C=O) groups is 2. The van der Waals surface area contributed by atoms with E-state index in [1.165, 1.54) is 0 Å². The zero-order valence-electron chi connectivity index (χ0n) is 6.54. The molecule has 0 radical (unpaired) electrons. The summed E-state index contributed by atoms with van der Waals surface area (Å²) in [6, 6.07) is 0. The highest BCUT2D eigenvalue weighted by molar-refractivity contribution is 5.67. The topological polar surface area (TPSA) is 80.4 Å². The molecular formula is C7H13NO3. The first kappa shape index (κ1) is 10.1. The standard InChI is InChI=1S/C7H13NO3/c1-7(8,5-9)4-2-3-6(10)11/h5H,2-4,8H2,1H3,(H,10,11)/t7-/m0/s1. The minimum Gasteiger partial charge on any atom is -0.481 e. The fraction of sp³-hybridized carbons (Fsp3) is 0.714. The normalized spacial score (nSPS) is 15.5. The van der Waals surface area contributed by atoms with Gasteiger partial charge < -0.3 is 15.6 Å². The molecule has 0 unspecified atom stereocenters. The van der Waals surface area contributed by atoms with E-state index in [0.717, 1.165) is 0 Å². The molecule has 4 nitrogen and oxygen atoms in total. The average Bonchev–Trinajstić information content (AvgIpc) is 1.87. The summed E-state index contributed by atoms with van der Waals surface area (Å²) >= 11 is 0. The molecule has 64 valence electrons. The molecule has 0 spiro atoms. The maximum atomic E-state index is 10.2. The van der Waals surface area contributed by atoms with Crippen molar-refractivity contribution in [3.05, 3.63) is 0 Å². The Kier molecular flexibility index (Phi) is 3.74. The number of carbonyl (C=O) groups excluding carboxylic acids is 1. The van der Waals surface area contributed by atoms with Crippen molar-refractivity contribution in [1.82, 2.24) is 0 Å². The zero-order chi connectivity index (χ0) is 8.91. The summed E-state index contributed by atoms with van der Waals surface area (Å²) in [5, 5.41) is 8.25. The molecule has 11 heavy (non-hydrogen) atoms. The van der Waals surface area contributed by atoms with Crippen LogP contribution in [0.15, 0.2) is 0 Å². The van der Waals surface area contributed by atoms with Crippen LogP contribution in [0, 0.1) is 0 Å². The van der Waals surface area contributed by atoms with Gasteiger partial charge in [-0.2, -0.15) is 0 Å². The van der Waals surface area contributed by atoms with E-state index in [9.17, 15) is 9.59 Å². The van der Waals surface area contributed by atoms with E-state index in [1.54, 1.807) is 6.92 Å². The Morgan fingerprint density at radius 2 is 2.27 bits per heavy atom. The van der Waals surface area contributed by atoms with Gasteiger partial charge in [0.05, 0.1) is 5.54 Å². The average molecular weight is 159 g/mol. The van der Waals surface area contributed by atoms with Crippen molar-refractivity contribution in [2.45, 2.75) is 31.7 Å². The minimum absolute atomic E-state index is 0.0701.